The molecule has 6 atom stereocenters. The summed E-state index contributed by atoms with van der Waals surface area (Å²) in [7, 11) is 1.47. The summed E-state index contributed by atoms with van der Waals surface area (Å²) in [6, 6.07) is 0. The van der Waals surface area contributed by atoms with Crippen molar-refractivity contribution < 1.29 is 19.8 Å². The second-order valence-corrected chi connectivity index (χ2v) is 10.3. The first-order valence-electron chi connectivity index (χ1n) is 12.0. The van der Waals surface area contributed by atoms with E-state index in [1.54, 1.807) is 0 Å². The molecular formula is C26H41NO4. The molecule has 0 aromatic heterocycles. The summed E-state index contributed by atoms with van der Waals surface area (Å²) in [6.45, 7) is 8.89. The average molecular weight is 432 g/mol. The molecule has 0 aliphatic heterocycles. The molecule has 31 heavy (non-hydrogen) atoms. The molecule has 0 spiro atoms. The Morgan fingerprint density at radius 3 is 2.87 bits per heavy atom. The molecule has 0 saturated heterocycles. The summed E-state index contributed by atoms with van der Waals surface area (Å²) < 4.78 is 0. The molecule has 3 fully saturated rings. The molecule has 3 N–H and O–H groups in total. The molecule has 3 aliphatic carbocycles. The molecule has 5 nitrogen and oxygen atoms in total. The number of hydrogen-bond donors (Lipinski definition) is 3. The lowest BCUT2D eigenvalue weighted by molar-refractivity contribution is -0.131. The van der Waals surface area contributed by atoms with E-state index >= 15 is 0 Å². The van der Waals surface area contributed by atoms with E-state index in [1.165, 1.54) is 38.4 Å². The predicted molar refractivity (Wildman–Crippen MR) is 123 cm³/mol. The van der Waals surface area contributed by atoms with E-state index in [1.807, 2.05) is 0 Å². The van der Waals surface area contributed by atoms with Gasteiger partial charge < -0.3 is 10.2 Å². The quantitative estimate of drug-likeness (QED) is 0.514. The van der Waals surface area contributed by atoms with Crippen LogP contribution in [0.15, 0.2) is 35.5 Å². The van der Waals surface area contributed by atoms with Crippen LogP contribution in [0, 0.1) is 23.2 Å². The Balaban J connectivity index is 1.66. The summed E-state index contributed by atoms with van der Waals surface area (Å²) in [5.74, 6) is 1.86. The van der Waals surface area contributed by atoms with Crippen LogP contribution in [0.5, 0.6) is 0 Å². The number of rotatable bonds is 7. The number of allylic oxidation sites excluding steroid dienone is 3. The molecular weight excluding hydrogens is 390 g/mol. The number of aliphatic hydroxyl groups excluding tert-OH is 2. The van der Waals surface area contributed by atoms with Gasteiger partial charge in [-0.3, -0.25) is 9.63 Å². The number of aliphatic hydroxyl groups is 2. The van der Waals surface area contributed by atoms with Crippen LogP contribution in [0.2, 0.25) is 0 Å². The van der Waals surface area contributed by atoms with Crippen molar-refractivity contribution in [2.24, 2.45) is 23.2 Å². The van der Waals surface area contributed by atoms with Crippen molar-refractivity contribution in [2.75, 3.05) is 7.11 Å². The highest BCUT2D eigenvalue weighted by Crippen LogP contribution is 2.59. The van der Waals surface area contributed by atoms with Crippen molar-refractivity contribution in [1.82, 2.24) is 5.48 Å². The van der Waals surface area contributed by atoms with Crippen molar-refractivity contribution in [2.45, 2.75) is 90.3 Å². The van der Waals surface area contributed by atoms with E-state index in [0.717, 1.165) is 30.4 Å². The van der Waals surface area contributed by atoms with E-state index < -0.39 is 12.2 Å². The number of hydroxylamine groups is 1. The van der Waals surface area contributed by atoms with Gasteiger partial charge in [0, 0.05) is 12.8 Å². The zero-order valence-electron chi connectivity index (χ0n) is 19.5. The lowest BCUT2D eigenvalue weighted by Gasteiger charge is -2.44. The van der Waals surface area contributed by atoms with Crippen LogP contribution in [-0.2, 0) is 9.63 Å². The fraction of sp³-hybridized carbons (Fsp3) is 0.731. The van der Waals surface area contributed by atoms with Gasteiger partial charge in [0.2, 0.25) is 5.91 Å². The Morgan fingerprint density at radius 1 is 1.35 bits per heavy atom. The van der Waals surface area contributed by atoms with Gasteiger partial charge in [-0.05, 0) is 85.7 Å². The van der Waals surface area contributed by atoms with Crippen LogP contribution in [-0.4, -0.2) is 35.4 Å². The molecule has 0 aromatic carbocycles. The maximum Gasteiger partial charge on any atom is 0.243 e. The Labute approximate surface area is 187 Å². The molecule has 0 aromatic rings. The van der Waals surface area contributed by atoms with Crippen LogP contribution in [0.4, 0.5) is 0 Å². The van der Waals surface area contributed by atoms with Crippen LogP contribution in [0.1, 0.15) is 78.1 Å². The number of carbonyl (C=O) groups excluding carboxylic acids is 1. The highest BCUT2D eigenvalue weighted by Gasteiger charge is 2.50. The van der Waals surface area contributed by atoms with Crippen molar-refractivity contribution in [3.8, 4) is 0 Å². The van der Waals surface area contributed by atoms with E-state index in [4.69, 9.17) is 4.84 Å². The number of nitrogens with one attached hydrogen (secondary N) is 1. The Morgan fingerprint density at radius 2 is 2.13 bits per heavy atom. The zero-order valence-corrected chi connectivity index (χ0v) is 19.5. The Kier molecular flexibility index (Phi) is 8.17. The van der Waals surface area contributed by atoms with Crippen molar-refractivity contribution in [3.63, 3.8) is 0 Å². The molecule has 0 bridgehead atoms. The summed E-state index contributed by atoms with van der Waals surface area (Å²) in [5.41, 5.74) is 6.00. The molecule has 2 unspecified atom stereocenters. The second kappa shape index (κ2) is 10.5. The summed E-state index contributed by atoms with van der Waals surface area (Å²) in [6.07, 6.45) is 12.8. The summed E-state index contributed by atoms with van der Waals surface area (Å²) in [4.78, 5) is 16.4. The monoisotopic (exact) mass is 431 g/mol. The first-order valence-corrected chi connectivity index (χ1v) is 12.0. The van der Waals surface area contributed by atoms with Crippen molar-refractivity contribution in [1.29, 1.82) is 0 Å². The lowest BCUT2D eigenvalue weighted by Crippen LogP contribution is -2.36. The average Bonchev–Trinajstić information content (AvgIpc) is 3.07. The zero-order chi connectivity index (χ0) is 22.6. The highest BCUT2D eigenvalue weighted by atomic mass is 16.6. The predicted octanol–water partition coefficient (Wildman–Crippen LogP) is 4.61. The van der Waals surface area contributed by atoms with Crippen LogP contribution in [0.3, 0.4) is 0 Å². The second-order valence-electron chi connectivity index (χ2n) is 10.3. The third-order valence-corrected chi connectivity index (χ3v) is 8.27. The van der Waals surface area contributed by atoms with Crippen LogP contribution in [0.25, 0.3) is 0 Å². The molecule has 1 amide bonds. The first kappa shape index (κ1) is 24.2. The molecule has 3 rings (SSSR count). The Hall–Kier alpha value is -1.43. The largest absolute Gasteiger partial charge is 0.393 e. The highest BCUT2D eigenvalue weighted by molar-refractivity contribution is 5.74. The van der Waals surface area contributed by atoms with E-state index in [0.29, 0.717) is 42.4 Å². The number of amides is 1. The minimum Gasteiger partial charge on any atom is -0.393 e. The number of fused-ring (bicyclic) bond motifs is 1. The van der Waals surface area contributed by atoms with Gasteiger partial charge in [-0.1, -0.05) is 38.2 Å². The third kappa shape index (κ3) is 5.50. The van der Waals surface area contributed by atoms with Crippen molar-refractivity contribution in [3.05, 3.63) is 35.5 Å². The third-order valence-electron chi connectivity index (χ3n) is 8.27. The molecule has 174 valence electrons. The topological polar surface area (TPSA) is 78.8 Å². The smallest absolute Gasteiger partial charge is 0.243 e. The maximum absolute atomic E-state index is 11.7. The van der Waals surface area contributed by atoms with Gasteiger partial charge in [0.1, 0.15) is 0 Å². The maximum atomic E-state index is 11.7. The van der Waals surface area contributed by atoms with Gasteiger partial charge in [0.15, 0.2) is 0 Å². The number of carbonyl (C=O) groups is 1. The standard InChI is InChI=1S/C26H41NO4/c1-17(7-5-9-25(30)27-31-4)22-12-13-23-19(8-6-14-26(22,23)3)10-11-20-15-21(28)16-24(29)18(20)2/h10-11,17,21-24,28-29H,2,5-9,12-16H2,1,3-4H3,(H,27,30)/b19-10+,20-11-/t17-,21-,22?,23?,24+,26-/m1/s1. The molecule has 0 radical (unpaired) electrons. The fourth-order valence-electron chi connectivity index (χ4n) is 6.63. The normalized spacial score (nSPS) is 37.1. The van der Waals surface area contributed by atoms with Gasteiger partial charge in [-0.25, -0.2) is 5.48 Å². The summed E-state index contributed by atoms with van der Waals surface area (Å²) >= 11 is 0. The molecule has 3 saturated carbocycles. The Bertz CT molecular complexity index is 727. The van der Waals surface area contributed by atoms with Gasteiger partial charge in [-0.15, -0.1) is 0 Å². The van der Waals surface area contributed by atoms with Crippen molar-refractivity contribution >= 4 is 5.91 Å². The van der Waals surface area contributed by atoms with Crippen LogP contribution < -0.4 is 5.48 Å². The number of hydrogen-bond acceptors (Lipinski definition) is 4. The van der Waals surface area contributed by atoms with Crippen LogP contribution >= 0.6 is 0 Å². The minimum atomic E-state index is -0.632. The van der Waals surface area contributed by atoms with Gasteiger partial charge in [0.25, 0.3) is 0 Å². The van der Waals surface area contributed by atoms with Gasteiger partial charge >= 0.3 is 0 Å². The minimum absolute atomic E-state index is 0.0410. The van der Waals surface area contributed by atoms with Gasteiger partial charge in [0.05, 0.1) is 19.3 Å². The van der Waals surface area contributed by atoms with E-state index in [-0.39, 0.29) is 5.91 Å². The van der Waals surface area contributed by atoms with E-state index in [9.17, 15) is 15.0 Å². The molecule has 0 heterocycles. The molecule has 5 heteroatoms. The fourth-order valence-corrected chi connectivity index (χ4v) is 6.63. The van der Waals surface area contributed by atoms with E-state index in [2.05, 4.69) is 38.1 Å². The lowest BCUT2D eigenvalue weighted by atomic mass is 9.60. The first-order chi connectivity index (χ1) is 14.8. The molecule has 3 aliphatic rings. The van der Waals surface area contributed by atoms with Gasteiger partial charge in [-0.2, -0.15) is 0 Å². The summed E-state index contributed by atoms with van der Waals surface area (Å²) in [5, 5.41) is 20.2. The SMILES string of the molecule is C=C1/C(=C\C=C2/CCC[C@@]3(C)C2CCC3[C@H](C)CCCC(=O)NOC)C[C@@H](O)C[C@@H]1O.